The van der Waals surface area contributed by atoms with Crippen LogP contribution >= 0.6 is 24.8 Å². The summed E-state index contributed by atoms with van der Waals surface area (Å²) in [5.41, 5.74) is 9.89. The van der Waals surface area contributed by atoms with Crippen molar-refractivity contribution < 1.29 is 14.3 Å². The third kappa shape index (κ3) is 8.00. The van der Waals surface area contributed by atoms with E-state index in [2.05, 4.69) is 0 Å². The number of hydrogen-bond acceptors (Lipinski definition) is 3. The molecule has 0 aromatic heterocycles. The van der Waals surface area contributed by atoms with Gasteiger partial charge in [-0.05, 0) is 0 Å². The fourth-order valence-electron chi connectivity index (χ4n) is 0.473. The maximum absolute atomic E-state index is 12.3. The van der Waals surface area contributed by atoms with Crippen LogP contribution in [0.1, 0.15) is 6.42 Å². The average molecular weight is 223 g/mol. The van der Waals surface area contributed by atoms with Crippen LogP contribution in [-0.2, 0) is 4.79 Å². The molecule has 0 fully saturated rings. The summed E-state index contributed by atoms with van der Waals surface area (Å²) >= 11 is 0. The van der Waals surface area contributed by atoms with Crippen molar-refractivity contribution in [3.8, 4) is 0 Å². The molecule has 0 aliphatic heterocycles. The van der Waals surface area contributed by atoms with E-state index in [1.54, 1.807) is 0 Å². The quantitative estimate of drug-likeness (QED) is 0.622. The predicted molar refractivity (Wildman–Crippen MR) is 48.7 cm³/mol. The minimum Gasteiger partial charge on any atom is -0.480 e. The molecule has 0 saturated heterocycles. The Labute approximate surface area is 82.3 Å². The van der Waals surface area contributed by atoms with E-state index in [1.807, 2.05) is 0 Å². The molecule has 0 saturated carbocycles. The van der Waals surface area contributed by atoms with Gasteiger partial charge in [0.15, 0.2) is 0 Å². The lowest BCUT2D eigenvalue weighted by Crippen LogP contribution is -2.34. The highest BCUT2D eigenvalue weighted by atomic mass is 35.5. The van der Waals surface area contributed by atoms with Gasteiger partial charge in [0, 0.05) is 13.0 Å². The summed E-state index contributed by atoms with van der Waals surface area (Å²) in [4.78, 5) is 10.0. The van der Waals surface area contributed by atoms with Crippen LogP contribution in [-0.4, -0.2) is 29.8 Å². The van der Waals surface area contributed by atoms with Gasteiger partial charge in [-0.1, -0.05) is 0 Å². The number of carbonyl (C=O) groups is 1. The Morgan fingerprint density at radius 2 is 1.92 bits per heavy atom. The topological polar surface area (TPSA) is 89.3 Å². The number of carboxylic acids is 1. The molecule has 0 aliphatic rings. The first-order valence-corrected chi connectivity index (χ1v) is 2.90. The third-order valence-corrected chi connectivity index (χ3v) is 1.08. The molecule has 0 amide bonds. The summed E-state index contributed by atoms with van der Waals surface area (Å²) < 4.78 is 12.3. The number of hydrogen-bond donors (Lipinski definition) is 3. The van der Waals surface area contributed by atoms with Crippen LogP contribution < -0.4 is 11.5 Å². The second-order valence-corrected chi connectivity index (χ2v) is 2.01. The van der Waals surface area contributed by atoms with E-state index in [4.69, 9.17) is 16.6 Å². The third-order valence-electron chi connectivity index (χ3n) is 1.08. The molecule has 0 radical (unpaired) electrons. The van der Waals surface area contributed by atoms with Crippen molar-refractivity contribution in [2.45, 2.75) is 18.6 Å². The fraction of sp³-hybridized carbons (Fsp3) is 0.800. The van der Waals surface area contributed by atoms with Gasteiger partial charge in [-0.25, -0.2) is 4.39 Å². The van der Waals surface area contributed by atoms with Crippen molar-refractivity contribution in [2.24, 2.45) is 11.5 Å². The smallest absolute Gasteiger partial charge is 0.320 e. The van der Waals surface area contributed by atoms with Crippen LogP contribution in [0, 0.1) is 0 Å². The average Bonchev–Trinajstić information content (AvgIpc) is 1.87. The highest BCUT2D eigenvalue weighted by Crippen LogP contribution is 1.98. The SMILES string of the molecule is Cl.Cl.NC[C@H](F)C[C@H](N)C(=O)O. The maximum atomic E-state index is 12.3. The van der Waals surface area contributed by atoms with Crippen LogP contribution in [0.4, 0.5) is 4.39 Å². The van der Waals surface area contributed by atoms with Crippen molar-refractivity contribution in [2.75, 3.05) is 6.54 Å². The van der Waals surface area contributed by atoms with Crippen LogP contribution in [0.2, 0.25) is 0 Å². The molecule has 0 spiro atoms. The molecular formula is C5H13Cl2FN2O2. The largest absolute Gasteiger partial charge is 0.480 e. The van der Waals surface area contributed by atoms with Gasteiger partial charge in [-0.3, -0.25) is 4.79 Å². The van der Waals surface area contributed by atoms with Crippen molar-refractivity contribution in [1.29, 1.82) is 0 Å². The van der Waals surface area contributed by atoms with Gasteiger partial charge < -0.3 is 16.6 Å². The molecule has 5 N–H and O–H groups in total. The van der Waals surface area contributed by atoms with E-state index >= 15 is 0 Å². The lowest BCUT2D eigenvalue weighted by Gasteiger charge is -2.07. The molecule has 7 heteroatoms. The summed E-state index contributed by atoms with van der Waals surface area (Å²) in [6, 6.07) is -1.14. The number of alkyl halides is 1. The van der Waals surface area contributed by atoms with Crippen LogP contribution in [0.25, 0.3) is 0 Å². The maximum Gasteiger partial charge on any atom is 0.320 e. The summed E-state index contributed by atoms with van der Waals surface area (Å²) in [6.45, 7) is -0.180. The second-order valence-electron chi connectivity index (χ2n) is 2.01. The lowest BCUT2D eigenvalue weighted by molar-refractivity contribution is -0.139. The summed E-state index contributed by atoms with van der Waals surface area (Å²) in [6.07, 6.45) is -1.53. The van der Waals surface area contributed by atoms with E-state index in [0.717, 1.165) is 0 Å². The van der Waals surface area contributed by atoms with Gasteiger partial charge in [0.05, 0.1) is 0 Å². The van der Waals surface area contributed by atoms with Crippen molar-refractivity contribution in [3.05, 3.63) is 0 Å². The minimum absolute atomic E-state index is 0. The number of aliphatic carboxylic acids is 1. The first-order valence-electron chi connectivity index (χ1n) is 2.90. The molecular weight excluding hydrogens is 210 g/mol. The first kappa shape index (κ1) is 17.8. The van der Waals surface area contributed by atoms with Gasteiger partial charge in [0.1, 0.15) is 12.2 Å². The monoisotopic (exact) mass is 222 g/mol. The van der Waals surface area contributed by atoms with Crippen molar-refractivity contribution >= 4 is 30.8 Å². The molecule has 0 aromatic rings. The molecule has 2 atom stereocenters. The summed E-state index contributed by atoms with van der Waals surface area (Å²) in [5, 5.41) is 8.19. The van der Waals surface area contributed by atoms with Gasteiger partial charge in [-0.15, -0.1) is 24.8 Å². The van der Waals surface area contributed by atoms with E-state index < -0.39 is 18.2 Å². The molecule has 4 nitrogen and oxygen atoms in total. The molecule has 0 heterocycles. The Bertz CT molecular complexity index is 128. The Morgan fingerprint density at radius 1 is 1.50 bits per heavy atom. The molecule has 0 bridgehead atoms. The highest BCUT2D eigenvalue weighted by Gasteiger charge is 2.16. The Balaban J connectivity index is -0.000000405. The predicted octanol–water partition coefficient (Wildman–Crippen LogP) is -0.0712. The molecule has 0 rings (SSSR count). The zero-order chi connectivity index (χ0) is 8.15. The van der Waals surface area contributed by atoms with E-state index in [1.165, 1.54) is 0 Å². The van der Waals surface area contributed by atoms with E-state index in [-0.39, 0.29) is 37.8 Å². The number of rotatable bonds is 4. The second kappa shape index (κ2) is 8.99. The molecule has 0 aromatic carbocycles. The van der Waals surface area contributed by atoms with Gasteiger partial charge in [0.25, 0.3) is 0 Å². The number of halogens is 3. The first-order chi connectivity index (χ1) is 4.57. The van der Waals surface area contributed by atoms with E-state index in [9.17, 15) is 9.18 Å². The Hall–Kier alpha value is -0.100. The lowest BCUT2D eigenvalue weighted by atomic mass is 10.1. The van der Waals surface area contributed by atoms with Crippen LogP contribution in [0.5, 0.6) is 0 Å². The zero-order valence-corrected chi connectivity index (χ0v) is 7.91. The summed E-state index contributed by atoms with van der Waals surface area (Å²) in [7, 11) is 0. The van der Waals surface area contributed by atoms with E-state index in [0.29, 0.717) is 0 Å². The standard InChI is InChI=1S/C5H11FN2O2.2ClH/c6-3(2-7)1-4(8)5(9)10;;/h3-4H,1-2,7-8H2,(H,9,10);2*1H/t3-,4+;;/m1../s1. The molecule has 76 valence electrons. The molecule has 12 heavy (non-hydrogen) atoms. The summed E-state index contributed by atoms with van der Waals surface area (Å²) in [5.74, 6) is -1.20. The van der Waals surface area contributed by atoms with Crippen LogP contribution in [0.3, 0.4) is 0 Å². The van der Waals surface area contributed by atoms with Crippen molar-refractivity contribution in [3.63, 3.8) is 0 Å². The van der Waals surface area contributed by atoms with Crippen LogP contribution in [0.15, 0.2) is 0 Å². The normalized spacial score (nSPS) is 13.6. The van der Waals surface area contributed by atoms with Crippen molar-refractivity contribution in [1.82, 2.24) is 0 Å². The number of nitrogens with two attached hydrogens (primary N) is 2. The number of carboxylic acid groups (broad SMARTS) is 1. The Kier molecular flexibility index (Phi) is 13.4. The van der Waals surface area contributed by atoms with Gasteiger partial charge in [-0.2, -0.15) is 0 Å². The highest BCUT2D eigenvalue weighted by molar-refractivity contribution is 5.85. The minimum atomic E-state index is -1.31. The zero-order valence-electron chi connectivity index (χ0n) is 6.27. The Morgan fingerprint density at radius 3 is 2.17 bits per heavy atom. The van der Waals surface area contributed by atoms with Gasteiger partial charge in [0.2, 0.25) is 0 Å². The van der Waals surface area contributed by atoms with Gasteiger partial charge >= 0.3 is 5.97 Å². The molecule has 0 unspecified atom stereocenters. The fourth-order valence-corrected chi connectivity index (χ4v) is 0.473. The molecule has 0 aliphatic carbocycles.